The van der Waals surface area contributed by atoms with Gasteiger partial charge in [-0.2, -0.15) is 0 Å². The second kappa shape index (κ2) is 11.6. The van der Waals surface area contributed by atoms with Crippen molar-refractivity contribution in [2.45, 2.75) is 25.7 Å². The Morgan fingerprint density at radius 2 is 1.33 bits per heavy atom. The summed E-state index contributed by atoms with van der Waals surface area (Å²) < 4.78 is 0. The number of hydrogen-bond donors (Lipinski definition) is 1. The molecule has 154 valence electrons. The fourth-order valence-corrected chi connectivity index (χ4v) is 3.64. The Labute approximate surface area is 197 Å². The molecular weight excluding hydrogens is 485 g/mol. The minimum atomic E-state index is -0.249. The van der Waals surface area contributed by atoms with Gasteiger partial charge in [0.25, 0.3) is 0 Å². The van der Waals surface area contributed by atoms with Gasteiger partial charge in [-0.05, 0) is 81.4 Å². The summed E-state index contributed by atoms with van der Waals surface area (Å²) in [4.78, 5) is 7.77. The molecule has 4 nitrogen and oxygen atoms in total. The normalized spacial score (nSPS) is 18.1. The Morgan fingerprint density at radius 1 is 0.800 bits per heavy atom. The number of allylic oxidation sites excluding steroid dienone is 4. The largest absolute Gasteiger partial charge is 2.00 e. The Hall–Kier alpha value is -1.71. The molecule has 1 saturated carbocycles. The van der Waals surface area contributed by atoms with Crippen molar-refractivity contribution in [1.29, 1.82) is 0 Å². The van der Waals surface area contributed by atoms with Crippen LogP contribution in [0.3, 0.4) is 0 Å². The molecule has 0 amide bonds. The third-order valence-electron chi connectivity index (χ3n) is 5.10. The zero-order valence-electron chi connectivity index (χ0n) is 16.2. The van der Waals surface area contributed by atoms with E-state index in [4.69, 9.17) is 0 Å². The number of rotatable bonds is 1. The number of pyridine rings is 2. The minimum Gasteiger partial charge on any atom is -1.00 e. The number of hydrogen-bond acceptors (Lipinski definition) is 4. The maximum absolute atomic E-state index is 11.4. The fourth-order valence-electron chi connectivity index (χ4n) is 3.64. The van der Waals surface area contributed by atoms with Crippen molar-refractivity contribution < 1.29 is 42.1 Å². The van der Waals surface area contributed by atoms with Crippen LogP contribution in [0.4, 0.5) is 0 Å². The summed E-state index contributed by atoms with van der Waals surface area (Å²) in [7, 11) is 0. The van der Waals surface area contributed by atoms with Gasteiger partial charge in [-0.3, -0.25) is 9.97 Å². The van der Waals surface area contributed by atoms with Crippen LogP contribution in [0.5, 0.6) is 11.5 Å². The molecule has 2 aromatic heterocycles. The zero-order valence-corrected chi connectivity index (χ0v) is 18.7. The second-order valence-corrected chi connectivity index (χ2v) is 6.93. The number of nitrogens with zero attached hydrogens (tertiary/aromatic N) is 2. The van der Waals surface area contributed by atoms with Gasteiger partial charge in [0.05, 0.1) is 5.69 Å². The number of aromatic nitrogens is 2. The summed E-state index contributed by atoms with van der Waals surface area (Å²) >= 11 is 0. The van der Waals surface area contributed by atoms with Crippen molar-refractivity contribution in [3.05, 3.63) is 97.5 Å². The van der Waals surface area contributed by atoms with Crippen LogP contribution < -0.4 is 17.5 Å². The average Bonchev–Trinajstić information content (AvgIpc) is 2.74. The molecule has 0 atom stereocenters. The van der Waals surface area contributed by atoms with Crippen LogP contribution in [0, 0.1) is 37.5 Å². The first kappa shape index (κ1) is 24.6. The van der Waals surface area contributed by atoms with Crippen LogP contribution >= 0.6 is 0 Å². The smallest absolute Gasteiger partial charge is 1.00 e. The quantitative estimate of drug-likeness (QED) is 0.469. The first-order valence-corrected chi connectivity index (χ1v) is 9.40. The Kier molecular flexibility index (Phi) is 9.52. The van der Waals surface area contributed by atoms with E-state index in [0.29, 0.717) is 0 Å². The topological polar surface area (TPSA) is 69.1 Å². The molecular formula is C24H21ClN2O2Ru. The van der Waals surface area contributed by atoms with Crippen molar-refractivity contribution in [2.75, 3.05) is 0 Å². The summed E-state index contributed by atoms with van der Waals surface area (Å²) in [6.45, 7) is 0. The molecule has 0 bridgehead atoms. The fraction of sp³-hybridized carbons (Fsp3) is 0.167. The average molecular weight is 506 g/mol. The van der Waals surface area contributed by atoms with E-state index in [0.717, 1.165) is 0 Å². The number of aromatic hydroxyl groups is 1. The van der Waals surface area contributed by atoms with Gasteiger partial charge in [-0.15, -0.1) is 0 Å². The van der Waals surface area contributed by atoms with Crippen LogP contribution in [0.2, 0.25) is 0 Å². The minimum absolute atomic E-state index is 0. The van der Waals surface area contributed by atoms with Crippen molar-refractivity contribution in [3.63, 3.8) is 0 Å². The molecule has 30 heavy (non-hydrogen) atoms. The Balaban J connectivity index is 0.000000200. The molecule has 0 spiro atoms. The third-order valence-corrected chi connectivity index (χ3v) is 5.10. The molecule has 1 fully saturated rings. The molecule has 6 heteroatoms. The van der Waals surface area contributed by atoms with Crippen molar-refractivity contribution in [3.8, 4) is 22.9 Å². The van der Waals surface area contributed by atoms with Crippen molar-refractivity contribution in [1.82, 2.24) is 9.97 Å². The van der Waals surface area contributed by atoms with Gasteiger partial charge in [0.15, 0.2) is 0 Å². The first-order chi connectivity index (χ1) is 13.7. The SMILES string of the molecule is [CH]1[CH][CH][C]2CC3=C(CC=CC3)C[C]2[CH]1.[Cl-].[O-]c1cccnc1-c1ncccc1O.[Ru+2]. The van der Waals surface area contributed by atoms with E-state index in [9.17, 15) is 10.2 Å². The summed E-state index contributed by atoms with van der Waals surface area (Å²) in [5.41, 5.74) is 3.74. The molecule has 0 aromatic carbocycles. The number of halogens is 1. The molecule has 0 aliphatic heterocycles. The summed E-state index contributed by atoms with van der Waals surface area (Å²) in [5.74, 6) is 2.80. The molecule has 2 heterocycles. The number of fused-ring (bicyclic) bond motifs is 1. The summed E-state index contributed by atoms with van der Waals surface area (Å²) in [6, 6.07) is 5.99. The van der Waals surface area contributed by atoms with E-state index in [-0.39, 0.29) is 54.8 Å². The Morgan fingerprint density at radius 3 is 1.87 bits per heavy atom. The monoisotopic (exact) mass is 506 g/mol. The van der Waals surface area contributed by atoms with E-state index in [1.54, 1.807) is 35.1 Å². The van der Waals surface area contributed by atoms with Crippen LogP contribution in [0.15, 0.2) is 60.0 Å². The van der Waals surface area contributed by atoms with Crippen LogP contribution in [-0.2, 0) is 19.5 Å². The molecule has 6 radical (unpaired) electrons. The maximum Gasteiger partial charge on any atom is 2.00 e. The first-order valence-electron chi connectivity index (χ1n) is 9.40. The van der Waals surface area contributed by atoms with Gasteiger partial charge in [0.1, 0.15) is 11.4 Å². The van der Waals surface area contributed by atoms with Gasteiger partial charge in [-0.1, -0.05) is 35.1 Å². The zero-order chi connectivity index (χ0) is 19.3. The Bertz CT molecular complexity index is 829. The van der Waals surface area contributed by atoms with Crippen LogP contribution in [0.1, 0.15) is 25.7 Å². The van der Waals surface area contributed by atoms with E-state index in [2.05, 4.69) is 47.8 Å². The van der Waals surface area contributed by atoms with Gasteiger partial charge < -0.3 is 22.6 Å². The third kappa shape index (κ3) is 5.71. The summed E-state index contributed by atoms with van der Waals surface area (Å²) in [5, 5.41) is 20.8. The molecule has 0 saturated heterocycles. The van der Waals surface area contributed by atoms with Crippen molar-refractivity contribution in [2.24, 2.45) is 0 Å². The molecule has 3 aliphatic rings. The molecule has 2 aromatic rings. The molecule has 3 aliphatic carbocycles. The predicted molar refractivity (Wildman–Crippen MR) is 107 cm³/mol. The second-order valence-electron chi connectivity index (χ2n) is 6.93. The maximum atomic E-state index is 11.4. The molecule has 0 unspecified atom stereocenters. The predicted octanol–water partition coefficient (Wildman–Crippen LogP) is 1.33. The van der Waals surface area contributed by atoms with Crippen LogP contribution in [-0.4, -0.2) is 15.1 Å². The van der Waals surface area contributed by atoms with E-state index < -0.39 is 0 Å². The van der Waals surface area contributed by atoms with Gasteiger partial charge in [0, 0.05) is 12.4 Å². The van der Waals surface area contributed by atoms with Gasteiger partial charge >= 0.3 is 19.5 Å². The van der Waals surface area contributed by atoms with E-state index in [1.807, 2.05) is 0 Å². The van der Waals surface area contributed by atoms with E-state index in [1.165, 1.54) is 50.2 Å². The van der Waals surface area contributed by atoms with E-state index >= 15 is 0 Å². The molecule has 1 N–H and O–H groups in total. The van der Waals surface area contributed by atoms with Gasteiger partial charge in [-0.25, -0.2) is 0 Å². The summed E-state index contributed by atoms with van der Waals surface area (Å²) in [6.07, 6.45) is 21.2. The van der Waals surface area contributed by atoms with Gasteiger partial charge in [0.2, 0.25) is 0 Å². The van der Waals surface area contributed by atoms with Crippen LogP contribution in [0.25, 0.3) is 11.4 Å². The standard InChI is InChI=1S/C14H14.C10H8N2O2.ClH.Ru/c1-2-6-12-10-14-8-4-3-7-13(14)9-11(12)5-1;13-7-3-1-5-11-9(7)10-8(14)4-2-6-12-10;;/h1-6H,7-10H2;1-6,13-14H;1H;/q;;;+2/p-2. The van der Waals surface area contributed by atoms with Crippen molar-refractivity contribution >= 4 is 0 Å². The molecule has 5 rings (SSSR count).